The summed E-state index contributed by atoms with van der Waals surface area (Å²) in [6, 6.07) is 8.65. The number of hydrogen-bond donors (Lipinski definition) is 2. The molecule has 2 heterocycles. The number of aromatic nitrogens is 2. The normalized spacial score (nSPS) is 10.4. The van der Waals surface area contributed by atoms with E-state index in [-0.39, 0.29) is 16.8 Å². The summed E-state index contributed by atoms with van der Waals surface area (Å²) in [6.07, 6.45) is 0. The van der Waals surface area contributed by atoms with Crippen LogP contribution in [0, 0.1) is 23.6 Å². The van der Waals surface area contributed by atoms with E-state index in [2.05, 4.69) is 9.97 Å². The molecule has 3 aromatic rings. The van der Waals surface area contributed by atoms with Crippen molar-refractivity contribution in [1.82, 2.24) is 9.97 Å². The summed E-state index contributed by atoms with van der Waals surface area (Å²) in [4.78, 5) is 27.7. The summed E-state index contributed by atoms with van der Waals surface area (Å²) >= 11 is 5.28. The van der Waals surface area contributed by atoms with E-state index in [9.17, 15) is 22.8 Å². The zero-order chi connectivity index (χ0) is 24.7. The lowest BCUT2D eigenvalue weighted by Crippen LogP contribution is -2.05. The first kappa shape index (κ1) is 25.6. The number of rotatable bonds is 6. The van der Waals surface area contributed by atoms with E-state index < -0.39 is 40.8 Å². The van der Waals surface area contributed by atoms with Gasteiger partial charge in [0.1, 0.15) is 27.8 Å². The Hall–Kier alpha value is -3.66. The molecule has 0 aliphatic carbocycles. The molecule has 0 aliphatic rings. The second-order valence-electron chi connectivity index (χ2n) is 7.00. The van der Waals surface area contributed by atoms with Gasteiger partial charge < -0.3 is 14.9 Å². The summed E-state index contributed by atoms with van der Waals surface area (Å²) in [7, 11) is 0. The highest BCUT2D eigenvalue weighted by Crippen LogP contribution is 2.25. The lowest BCUT2D eigenvalue weighted by atomic mass is 10.1. The minimum Gasteiger partial charge on any atom is -0.493 e. The number of carboxylic acid groups (broad SMARTS) is 2. The second kappa shape index (κ2) is 11.3. The van der Waals surface area contributed by atoms with Gasteiger partial charge in [-0.3, -0.25) is 0 Å². The van der Waals surface area contributed by atoms with E-state index in [1.165, 1.54) is 30.3 Å². The van der Waals surface area contributed by atoms with Gasteiger partial charge in [0, 0.05) is 11.6 Å². The molecule has 2 N–H and O–H groups in total. The van der Waals surface area contributed by atoms with Crippen LogP contribution in [0.25, 0.3) is 11.3 Å². The third kappa shape index (κ3) is 7.46. The van der Waals surface area contributed by atoms with Crippen molar-refractivity contribution in [2.75, 3.05) is 6.61 Å². The molecule has 0 saturated carbocycles. The third-order valence-electron chi connectivity index (χ3n) is 3.87. The Kier molecular flexibility index (Phi) is 8.75. The molecular weight excluding hydrogens is 465 g/mol. The molecule has 1 aromatic carbocycles. The second-order valence-corrected chi connectivity index (χ2v) is 7.39. The fourth-order valence-corrected chi connectivity index (χ4v) is 2.52. The Morgan fingerprint density at radius 1 is 0.939 bits per heavy atom. The molecule has 174 valence electrons. The van der Waals surface area contributed by atoms with E-state index in [0.29, 0.717) is 17.9 Å². The Balaban J connectivity index is 0.000000294. The van der Waals surface area contributed by atoms with Gasteiger partial charge in [-0.15, -0.1) is 0 Å². The van der Waals surface area contributed by atoms with Crippen LogP contribution in [0.5, 0.6) is 5.75 Å². The van der Waals surface area contributed by atoms with Crippen molar-refractivity contribution in [2.24, 2.45) is 5.92 Å². The van der Waals surface area contributed by atoms with E-state index in [1.54, 1.807) is 0 Å². The van der Waals surface area contributed by atoms with Gasteiger partial charge in [-0.25, -0.2) is 23.9 Å². The summed E-state index contributed by atoms with van der Waals surface area (Å²) in [5.41, 5.74) is -0.558. The number of aromatic carboxylic acids is 2. The van der Waals surface area contributed by atoms with Gasteiger partial charge in [-0.1, -0.05) is 25.4 Å². The van der Waals surface area contributed by atoms with E-state index in [4.69, 9.17) is 26.6 Å². The maximum Gasteiger partial charge on any atom is 0.340 e. The zero-order valence-electron chi connectivity index (χ0n) is 17.4. The van der Waals surface area contributed by atoms with Crippen LogP contribution in [0.4, 0.5) is 13.2 Å². The predicted molar refractivity (Wildman–Crippen MR) is 113 cm³/mol. The predicted octanol–water partition coefficient (Wildman–Crippen LogP) is 5.33. The smallest absolute Gasteiger partial charge is 0.340 e. The number of pyridine rings is 2. The van der Waals surface area contributed by atoms with Crippen LogP contribution in [0.2, 0.25) is 5.15 Å². The number of carbonyl (C=O) groups is 2. The number of ether oxygens (including phenoxy) is 1. The average Bonchev–Trinajstić information content (AvgIpc) is 2.71. The monoisotopic (exact) mass is 482 g/mol. The molecular formula is C22H18ClF3N2O5. The fraction of sp³-hybridized carbons (Fsp3) is 0.182. The molecule has 7 nitrogen and oxygen atoms in total. The van der Waals surface area contributed by atoms with Crippen LogP contribution in [0.15, 0.2) is 42.5 Å². The lowest BCUT2D eigenvalue weighted by Gasteiger charge is -2.10. The average molecular weight is 483 g/mol. The standard InChI is InChI=1S/C16H15F2NO3.C6H3ClFNO2/c1-9(2)8-22-12-6-10(5-11(17)7-12)14-4-3-13(16(20)21)15(18)19-14;7-4-2-1-3(6(10)11)5(8)9-4/h3-7,9H,8H2,1-2H3,(H,20,21);1-2H,(H,10,11). The van der Waals surface area contributed by atoms with Crippen LogP contribution in [-0.4, -0.2) is 38.7 Å². The van der Waals surface area contributed by atoms with Gasteiger partial charge in [0.25, 0.3) is 0 Å². The molecule has 0 fully saturated rings. The summed E-state index contributed by atoms with van der Waals surface area (Å²) in [5, 5.41) is 17.0. The summed E-state index contributed by atoms with van der Waals surface area (Å²) in [6.45, 7) is 4.34. The first-order valence-corrected chi connectivity index (χ1v) is 9.74. The molecule has 0 amide bonds. The quantitative estimate of drug-likeness (QED) is 0.457. The minimum atomic E-state index is -1.41. The molecule has 0 spiro atoms. The van der Waals surface area contributed by atoms with E-state index in [1.807, 2.05) is 13.8 Å². The zero-order valence-corrected chi connectivity index (χ0v) is 18.1. The van der Waals surface area contributed by atoms with Gasteiger partial charge in [-0.2, -0.15) is 8.78 Å². The summed E-state index contributed by atoms with van der Waals surface area (Å²) in [5.74, 6) is -4.89. The van der Waals surface area contributed by atoms with E-state index >= 15 is 0 Å². The Morgan fingerprint density at radius 2 is 1.52 bits per heavy atom. The van der Waals surface area contributed by atoms with Crippen LogP contribution in [-0.2, 0) is 0 Å². The van der Waals surface area contributed by atoms with E-state index in [0.717, 1.165) is 12.1 Å². The maximum atomic E-state index is 13.7. The third-order valence-corrected chi connectivity index (χ3v) is 4.09. The van der Waals surface area contributed by atoms with Crippen molar-refractivity contribution >= 4 is 23.5 Å². The highest BCUT2D eigenvalue weighted by Gasteiger charge is 2.14. The molecule has 0 saturated heterocycles. The molecule has 3 rings (SSSR count). The maximum absolute atomic E-state index is 13.7. The topological polar surface area (TPSA) is 110 Å². The molecule has 0 unspecified atom stereocenters. The van der Waals surface area contributed by atoms with Crippen LogP contribution < -0.4 is 4.74 Å². The van der Waals surface area contributed by atoms with Gasteiger partial charge in [-0.05, 0) is 42.3 Å². The minimum absolute atomic E-state index is 0.0625. The van der Waals surface area contributed by atoms with Crippen LogP contribution >= 0.6 is 11.6 Å². The van der Waals surface area contributed by atoms with Crippen LogP contribution in [0.1, 0.15) is 34.6 Å². The van der Waals surface area contributed by atoms with Gasteiger partial charge in [0.15, 0.2) is 0 Å². The van der Waals surface area contributed by atoms with Gasteiger partial charge in [0.2, 0.25) is 11.9 Å². The number of hydrogen-bond acceptors (Lipinski definition) is 5. The highest BCUT2D eigenvalue weighted by atomic mass is 35.5. The number of nitrogens with zero attached hydrogens (tertiary/aromatic N) is 2. The van der Waals surface area contributed by atoms with Crippen molar-refractivity contribution in [3.05, 3.63) is 76.5 Å². The molecule has 0 radical (unpaired) electrons. The van der Waals surface area contributed by atoms with Crippen molar-refractivity contribution in [1.29, 1.82) is 0 Å². The van der Waals surface area contributed by atoms with Crippen molar-refractivity contribution in [3.8, 4) is 17.0 Å². The Bertz CT molecular complexity index is 1170. The SMILES string of the molecule is CC(C)COc1cc(F)cc(-c2ccc(C(=O)O)c(F)n2)c1.O=C(O)c1ccc(Cl)nc1F. The largest absolute Gasteiger partial charge is 0.493 e. The number of carboxylic acids is 2. The fourth-order valence-electron chi connectivity index (χ4n) is 2.38. The first-order chi connectivity index (χ1) is 15.5. The molecule has 2 aromatic heterocycles. The molecule has 33 heavy (non-hydrogen) atoms. The number of halogens is 4. The molecule has 11 heteroatoms. The first-order valence-electron chi connectivity index (χ1n) is 9.36. The van der Waals surface area contributed by atoms with Crippen LogP contribution in [0.3, 0.4) is 0 Å². The number of benzene rings is 1. The van der Waals surface area contributed by atoms with Crippen molar-refractivity contribution < 1.29 is 37.7 Å². The Morgan fingerprint density at radius 3 is 2.03 bits per heavy atom. The highest BCUT2D eigenvalue weighted by molar-refractivity contribution is 6.29. The van der Waals surface area contributed by atoms with Gasteiger partial charge >= 0.3 is 11.9 Å². The summed E-state index contributed by atoms with van der Waals surface area (Å²) < 4.78 is 45.2. The molecule has 0 atom stereocenters. The Labute approximate surface area is 191 Å². The molecule has 0 bridgehead atoms. The lowest BCUT2D eigenvalue weighted by molar-refractivity contribution is 0.0679. The molecule has 0 aliphatic heterocycles. The van der Waals surface area contributed by atoms with Gasteiger partial charge in [0.05, 0.1) is 12.3 Å². The van der Waals surface area contributed by atoms with Crippen molar-refractivity contribution in [2.45, 2.75) is 13.8 Å². The van der Waals surface area contributed by atoms with Crippen molar-refractivity contribution in [3.63, 3.8) is 0 Å².